The maximum absolute atomic E-state index is 9.40. The predicted octanol–water partition coefficient (Wildman–Crippen LogP) is 14.1. The van der Waals surface area contributed by atoms with Gasteiger partial charge in [0.25, 0.3) is 0 Å². The predicted molar refractivity (Wildman–Crippen MR) is 218 cm³/mol. The molecule has 51 heavy (non-hydrogen) atoms. The maximum Gasteiger partial charge on any atom is 0.0645 e. The van der Waals surface area contributed by atoms with Crippen LogP contribution in [0.4, 0.5) is 17.1 Å². The molecule has 0 N–H and O–H groups in total. The summed E-state index contributed by atoms with van der Waals surface area (Å²) in [6.45, 7) is 0. The first-order valence-electron chi connectivity index (χ1n) is 21.3. The summed E-state index contributed by atoms with van der Waals surface area (Å²) in [5.41, 5.74) is 6.43. The summed E-state index contributed by atoms with van der Waals surface area (Å²) < 4.78 is 78.9. The molecule has 0 aliphatic rings. The Hall–Kier alpha value is -6.70. The van der Waals surface area contributed by atoms with Gasteiger partial charge in [-0.2, -0.15) is 0 Å². The van der Waals surface area contributed by atoms with Crippen LogP contribution in [-0.4, -0.2) is 0 Å². The Kier molecular flexibility index (Phi) is 5.77. The van der Waals surface area contributed by atoms with Gasteiger partial charge in [0, 0.05) is 17.1 Å². The topological polar surface area (TPSA) is 3.24 Å². The third kappa shape index (κ3) is 5.86. The lowest BCUT2D eigenvalue weighted by Crippen LogP contribution is -2.09. The molecule has 0 radical (unpaired) electrons. The van der Waals surface area contributed by atoms with Crippen molar-refractivity contribution in [2.45, 2.75) is 0 Å². The zero-order chi connectivity index (χ0) is 41.8. The van der Waals surface area contributed by atoms with Gasteiger partial charge in [-0.3, -0.25) is 0 Å². The summed E-state index contributed by atoms with van der Waals surface area (Å²) in [5, 5.41) is 4.42. The van der Waals surface area contributed by atoms with E-state index in [4.69, 9.17) is 6.85 Å². The number of rotatable bonds is 7. The summed E-state index contributed by atoms with van der Waals surface area (Å²) in [6.07, 6.45) is 0. The van der Waals surface area contributed by atoms with Crippen LogP contribution in [0.2, 0.25) is 0 Å². The standard InChI is InChI=1S/C50H35N/c1-3-12-36(13-4-1)37-22-29-43(30-23-37)51(44-31-24-40(25-32-44)47-21-11-18-38-14-7-9-19-46(38)47)45-33-26-41(27-34-45)49-35-28-39-15-8-10-20-48(39)50(49)42-16-5-2-6-17-42/h1-35H/i1D,3D,4D,12D,13D,22D,23D,29D,30D. The highest BCUT2D eigenvalue weighted by atomic mass is 15.1. The van der Waals surface area contributed by atoms with E-state index in [1.807, 2.05) is 97.1 Å². The Morgan fingerprint density at radius 2 is 0.863 bits per heavy atom. The largest absolute Gasteiger partial charge is 0.311 e. The molecule has 0 bridgehead atoms. The van der Waals surface area contributed by atoms with Crippen molar-refractivity contribution >= 4 is 38.6 Å². The fourth-order valence-electron chi connectivity index (χ4n) is 6.81. The van der Waals surface area contributed by atoms with Gasteiger partial charge in [0.1, 0.15) is 0 Å². The Labute approximate surface area is 312 Å². The van der Waals surface area contributed by atoms with Crippen molar-refractivity contribution in [2.75, 3.05) is 4.90 Å². The molecule has 0 aliphatic heterocycles. The van der Waals surface area contributed by atoms with E-state index in [1.165, 1.54) is 0 Å². The molecule has 1 heteroatoms. The summed E-state index contributed by atoms with van der Waals surface area (Å²) in [4.78, 5) is 1.68. The third-order valence-electron chi connectivity index (χ3n) is 9.24. The van der Waals surface area contributed by atoms with E-state index in [-0.39, 0.29) is 16.8 Å². The first-order chi connectivity index (χ1) is 29.0. The molecule has 0 aliphatic carbocycles. The third-order valence-corrected chi connectivity index (χ3v) is 9.24. The van der Waals surface area contributed by atoms with Gasteiger partial charge in [0.2, 0.25) is 0 Å². The molecule has 9 rings (SSSR count). The fraction of sp³-hybridized carbons (Fsp3) is 0. The number of anilines is 3. The summed E-state index contributed by atoms with van der Waals surface area (Å²) in [7, 11) is 0. The minimum atomic E-state index is -0.623. The first kappa shape index (κ1) is 22.1. The molecule has 0 saturated heterocycles. The number of hydrogen-bond acceptors (Lipinski definition) is 1. The number of nitrogens with zero attached hydrogens (tertiary/aromatic N) is 1. The van der Waals surface area contributed by atoms with Gasteiger partial charge in [0.05, 0.1) is 12.3 Å². The molecule has 0 saturated carbocycles. The van der Waals surface area contributed by atoms with E-state index in [0.717, 1.165) is 54.9 Å². The van der Waals surface area contributed by atoms with Crippen LogP contribution in [-0.2, 0) is 0 Å². The molecule has 240 valence electrons. The molecule has 1 nitrogen and oxygen atoms in total. The minimum Gasteiger partial charge on any atom is -0.311 e. The second-order valence-corrected chi connectivity index (χ2v) is 12.3. The highest BCUT2D eigenvalue weighted by molar-refractivity contribution is 6.04. The summed E-state index contributed by atoms with van der Waals surface area (Å²) in [6, 6.07) is 47.5. The quantitative estimate of drug-likeness (QED) is 0.165. The molecule has 0 unspecified atom stereocenters. The van der Waals surface area contributed by atoms with Crippen molar-refractivity contribution < 1.29 is 12.3 Å². The minimum absolute atomic E-state index is 0.0533. The van der Waals surface area contributed by atoms with Gasteiger partial charge in [-0.1, -0.05) is 176 Å². The van der Waals surface area contributed by atoms with Crippen LogP contribution in [0.5, 0.6) is 0 Å². The van der Waals surface area contributed by atoms with Crippen LogP contribution in [0.3, 0.4) is 0 Å². The molecule has 0 aromatic heterocycles. The van der Waals surface area contributed by atoms with Crippen LogP contribution in [0.1, 0.15) is 12.3 Å². The molecule has 9 aromatic carbocycles. The number of benzene rings is 9. The Morgan fingerprint density at radius 1 is 0.314 bits per heavy atom. The molecule has 0 fully saturated rings. The molecular formula is C50H35N. The second kappa shape index (κ2) is 13.3. The van der Waals surface area contributed by atoms with Gasteiger partial charge < -0.3 is 4.90 Å². The zero-order valence-corrected chi connectivity index (χ0v) is 27.5. The van der Waals surface area contributed by atoms with E-state index in [2.05, 4.69) is 60.7 Å². The van der Waals surface area contributed by atoms with Gasteiger partial charge in [-0.25, -0.2) is 0 Å². The Bertz CT molecular complexity index is 3070. The smallest absolute Gasteiger partial charge is 0.0645 e. The highest BCUT2D eigenvalue weighted by Crippen LogP contribution is 2.41. The first-order valence-corrected chi connectivity index (χ1v) is 16.8. The van der Waals surface area contributed by atoms with Crippen molar-refractivity contribution in [3.8, 4) is 44.5 Å². The normalized spacial score (nSPS) is 13.6. The molecule has 0 spiro atoms. The molecular weight excluding hydrogens is 615 g/mol. The monoisotopic (exact) mass is 658 g/mol. The highest BCUT2D eigenvalue weighted by Gasteiger charge is 2.16. The van der Waals surface area contributed by atoms with E-state index < -0.39 is 54.4 Å². The van der Waals surface area contributed by atoms with Gasteiger partial charge in [0.15, 0.2) is 0 Å². The second-order valence-electron chi connectivity index (χ2n) is 12.3. The van der Waals surface area contributed by atoms with E-state index >= 15 is 0 Å². The van der Waals surface area contributed by atoms with Crippen LogP contribution in [0.25, 0.3) is 66.1 Å². The molecule has 9 aromatic rings. The van der Waals surface area contributed by atoms with Crippen LogP contribution in [0.15, 0.2) is 212 Å². The summed E-state index contributed by atoms with van der Waals surface area (Å²) >= 11 is 0. The van der Waals surface area contributed by atoms with Crippen molar-refractivity contribution in [2.24, 2.45) is 0 Å². The van der Waals surface area contributed by atoms with Crippen LogP contribution >= 0.6 is 0 Å². The van der Waals surface area contributed by atoms with Gasteiger partial charge >= 0.3 is 0 Å². The van der Waals surface area contributed by atoms with Gasteiger partial charge in [-0.15, -0.1) is 0 Å². The molecule has 0 heterocycles. The SMILES string of the molecule is [2H]c1c([2H])c([2H])c(-c2c([2H])c([2H])c(N(c3ccc(-c4ccc5ccccc5c4-c4ccccc4)cc3)c3ccc(-c4cccc5ccccc45)cc3)c([2H])c2[2H])c([2H])c1[2H]. The van der Waals surface area contributed by atoms with Crippen molar-refractivity contribution in [1.29, 1.82) is 0 Å². The lowest BCUT2D eigenvalue weighted by Gasteiger charge is -2.26. The van der Waals surface area contributed by atoms with E-state index in [9.17, 15) is 5.48 Å². The number of fused-ring (bicyclic) bond motifs is 2. The van der Waals surface area contributed by atoms with E-state index in [0.29, 0.717) is 11.4 Å². The van der Waals surface area contributed by atoms with Crippen LogP contribution < -0.4 is 4.90 Å². The Morgan fingerprint density at radius 3 is 1.55 bits per heavy atom. The van der Waals surface area contributed by atoms with Crippen molar-refractivity contribution in [1.82, 2.24) is 0 Å². The average Bonchev–Trinajstić information content (AvgIpc) is 3.29. The Balaban J connectivity index is 1.23. The van der Waals surface area contributed by atoms with Crippen LogP contribution in [0, 0.1) is 0 Å². The number of hydrogen-bond donors (Lipinski definition) is 0. The fourth-order valence-corrected chi connectivity index (χ4v) is 6.81. The van der Waals surface area contributed by atoms with Gasteiger partial charge in [-0.05, 0) is 102 Å². The lowest BCUT2D eigenvalue weighted by molar-refractivity contribution is 1.28. The lowest BCUT2D eigenvalue weighted by atomic mass is 9.90. The average molecular weight is 659 g/mol. The van der Waals surface area contributed by atoms with Crippen molar-refractivity contribution in [3.05, 3.63) is 212 Å². The van der Waals surface area contributed by atoms with Crippen molar-refractivity contribution in [3.63, 3.8) is 0 Å². The zero-order valence-electron chi connectivity index (χ0n) is 36.5. The molecule has 0 amide bonds. The van der Waals surface area contributed by atoms with E-state index in [1.54, 1.807) is 4.90 Å². The maximum atomic E-state index is 9.40. The summed E-state index contributed by atoms with van der Waals surface area (Å²) in [5.74, 6) is 0. The molecule has 0 atom stereocenters.